The second kappa shape index (κ2) is 22.1. The molecule has 1 atom stereocenters. The molecule has 0 aliphatic heterocycles. The monoisotopic (exact) mass is 311 g/mol. The molecule has 0 amide bonds. The quantitative estimate of drug-likeness (QED) is 0.390. The van der Waals surface area contributed by atoms with Gasteiger partial charge in [0.05, 0.1) is 17.9 Å². The zero-order valence-corrected chi connectivity index (χ0v) is 19.1. The molecule has 0 heterocycles. The van der Waals surface area contributed by atoms with Crippen LogP contribution in [0.3, 0.4) is 0 Å². The maximum absolute atomic E-state index is 9.71. The van der Waals surface area contributed by atoms with E-state index < -0.39 is 36.3 Å². The number of carbonyl (C=O) groups excluding carboxylic acids is 4. The molecule has 0 rings (SSSR count). The molecule has 0 aromatic heterocycles. The summed E-state index contributed by atoms with van der Waals surface area (Å²) < 4.78 is 0. The molecule has 86 valence electrons. The SMILES string of the molecule is NC(CC(=O)[O-])C(=O)[O-].O=C([O-])C(=O)[O-].[Na+].[Na+].[Na+].[Na+]. The Balaban J connectivity index is -0.0000000385. The number of nitrogens with two attached hydrogens (primary N) is 1. The van der Waals surface area contributed by atoms with Crippen molar-refractivity contribution in [2.24, 2.45) is 5.73 Å². The van der Waals surface area contributed by atoms with Crippen LogP contribution in [0.2, 0.25) is 0 Å². The summed E-state index contributed by atoms with van der Waals surface area (Å²) in [6, 6.07) is -1.46. The van der Waals surface area contributed by atoms with Crippen LogP contribution in [0.1, 0.15) is 6.42 Å². The zero-order valence-electron chi connectivity index (χ0n) is 11.1. The van der Waals surface area contributed by atoms with E-state index in [1.807, 2.05) is 0 Å². The zero-order chi connectivity index (χ0) is 12.6. The summed E-state index contributed by atoms with van der Waals surface area (Å²) in [7, 11) is 0. The molecule has 19 heavy (non-hydrogen) atoms. The third-order valence-electron chi connectivity index (χ3n) is 0.856. The predicted molar refractivity (Wildman–Crippen MR) is 32.6 cm³/mol. The van der Waals surface area contributed by atoms with Crippen LogP contribution >= 0.6 is 0 Å². The molecule has 0 aromatic rings. The first kappa shape index (κ1) is 37.2. The summed E-state index contributed by atoms with van der Waals surface area (Å²) in [4.78, 5) is 37.2. The average Bonchev–Trinajstić information content (AvgIpc) is 2.03. The van der Waals surface area contributed by atoms with Crippen molar-refractivity contribution >= 4 is 23.9 Å². The van der Waals surface area contributed by atoms with Gasteiger partial charge in [-0.3, -0.25) is 0 Å². The number of rotatable bonds is 3. The van der Waals surface area contributed by atoms with Gasteiger partial charge in [0, 0.05) is 18.4 Å². The van der Waals surface area contributed by atoms with Crippen LogP contribution in [-0.4, -0.2) is 29.9 Å². The van der Waals surface area contributed by atoms with Crippen LogP contribution in [0.4, 0.5) is 0 Å². The summed E-state index contributed by atoms with van der Waals surface area (Å²) >= 11 is 0. The van der Waals surface area contributed by atoms with E-state index in [1.54, 1.807) is 0 Å². The van der Waals surface area contributed by atoms with Gasteiger partial charge in [0.15, 0.2) is 0 Å². The normalized spacial score (nSPS) is 8.26. The topological polar surface area (TPSA) is 187 Å². The van der Waals surface area contributed by atoms with Crippen molar-refractivity contribution in [3.05, 3.63) is 0 Å². The molecule has 0 radical (unpaired) electrons. The maximum atomic E-state index is 9.71. The van der Waals surface area contributed by atoms with Crippen LogP contribution in [0.5, 0.6) is 0 Å². The number of carboxylic acid groups (broad SMARTS) is 4. The summed E-state index contributed by atoms with van der Waals surface area (Å²) in [5.41, 5.74) is 4.73. The fourth-order valence-electron chi connectivity index (χ4n) is 0.263. The third-order valence-corrected chi connectivity index (χ3v) is 0.856. The van der Waals surface area contributed by atoms with Gasteiger partial charge in [0.2, 0.25) is 0 Å². The molecule has 0 aromatic carbocycles. The molecule has 0 bridgehead atoms. The molecule has 0 saturated carbocycles. The van der Waals surface area contributed by atoms with Crippen molar-refractivity contribution < 1.29 is 158 Å². The standard InChI is InChI=1S/C4H7NO4.C2H2O4.4Na/c5-2(4(8)9)1-3(6)7;3-1(4)2(5)6;;;;/h2H,1,5H2,(H,6,7)(H,8,9);(H,3,4)(H,5,6);;;;/q;;4*+1/p-4. The average molecular weight is 311 g/mol. The van der Waals surface area contributed by atoms with Gasteiger partial charge in [0.1, 0.15) is 0 Å². The van der Waals surface area contributed by atoms with E-state index in [0.717, 1.165) is 0 Å². The first-order valence-electron chi connectivity index (χ1n) is 3.27. The van der Waals surface area contributed by atoms with E-state index in [1.165, 1.54) is 0 Å². The summed E-state index contributed by atoms with van der Waals surface area (Å²) in [5.74, 6) is -7.45. The fraction of sp³-hybridized carbons (Fsp3) is 0.333. The molecule has 2 N–H and O–H groups in total. The molecule has 0 spiro atoms. The molecule has 9 nitrogen and oxygen atoms in total. The van der Waals surface area contributed by atoms with Crippen LogP contribution < -0.4 is 144 Å². The summed E-state index contributed by atoms with van der Waals surface area (Å²) in [6.45, 7) is 0. The minimum Gasteiger partial charge on any atom is -0.550 e. The van der Waals surface area contributed by atoms with Crippen molar-refractivity contribution in [3.63, 3.8) is 0 Å². The van der Waals surface area contributed by atoms with E-state index in [2.05, 4.69) is 0 Å². The van der Waals surface area contributed by atoms with Crippen LogP contribution in [0.25, 0.3) is 0 Å². The molecule has 0 fully saturated rings. The molecule has 13 heteroatoms. The smallest absolute Gasteiger partial charge is 0.550 e. The molecular formula is C6H5NNa4O8. The first-order chi connectivity index (χ1) is 6.68. The van der Waals surface area contributed by atoms with Crippen molar-refractivity contribution in [2.75, 3.05) is 0 Å². The van der Waals surface area contributed by atoms with E-state index in [0.29, 0.717) is 0 Å². The van der Waals surface area contributed by atoms with Gasteiger partial charge in [0.25, 0.3) is 0 Å². The number of carbonyl (C=O) groups is 4. The molecule has 0 saturated heterocycles. The minimum absolute atomic E-state index is 0. The van der Waals surface area contributed by atoms with Gasteiger partial charge < -0.3 is 45.3 Å². The van der Waals surface area contributed by atoms with Gasteiger partial charge in [-0.2, -0.15) is 0 Å². The molecular weight excluding hydrogens is 306 g/mol. The van der Waals surface area contributed by atoms with Crippen LogP contribution in [0, 0.1) is 0 Å². The first-order valence-corrected chi connectivity index (χ1v) is 3.27. The Morgan fingerprint density at radius 3 is 1.11 bits per heavy atom. The van der Waals surface area contributed by atoms with Crippen molar-refractivity contribution in [2.45, 2.75) is 12.5 Å². The Morgan fingerprint density at radius 1 is 0.789 bits per heavy atom. The Kier molecular flexibility index (Phi) is 43.4. The fourth-order valence-corrected chi connectivity index (χ4v) is 0.263. The van der Waals surface area contributed by atoms with Gasteiger partial charge in [-0.15, -0.1) is 0 Å². The van der Waals surface area contributed by atoms with Crippen LogP contribution in [-0.2, 0) is 19.2 Å². The molecule has 0 aliphatic rings. The van der Waals surface area contributed by atoms with E-state index >= 15 is 0 Å². The van der Waals surface area contributed by atoms with Gasteiger partial charge in [-0.25, -0.2) is 0 Å². The van der Waals surface area contributed by atoms with Crippen molar-refractivity contribution in [3.8, 4) is 0 Å². The van der Waals surface area contributed by atoms with E-state index in [-0.39, 0.29) is 118 Å². The number of carboxylic acids is 4. The van der Waals surface area contributed by atoms with Crippen LogP contribution in [0.15, 0.2) is 0 Å². The Labute approximate surface area is 196 Å². The maximum Gasteiger partial charge on any atom is 1.00 e. The second-order valence-corrected chi connectivity index (χ2v) is 2.08. The Bertz CT molecular complexity index is 274. The van der Waals surface area contributed by atoms with Gasteiger partial charge in [-0.05, 0) is 0 Å². The second-order valence-electron chi connectivity index (χ2n) is 2.08. The van der Waals surface area contributed by atoms with E-state index in [4.69, 9.17) is 25.5 Å². The van der Waals surface area contributed by atoms with Gasteiger partial charge >= 0.3 is 118 Å². The largest absolute Gasteiger partial charge is 1.00 e. The molecule has 1 unspecified atom stereocenters. The minimum atomic E-state index is -2.19. The number of aliphatic carboxylic acids is 4. The van der Waals surface area contributed by atoms with E-state index in [9.17, 15) is 19.8 Å². The Morgan fingerprint density at radius 2 is 1.05 bits per heavy atom. The number of hydrogen-bond acceptors (Lipinski definition) is 9. The van der Waals surface area contributed by atoms with Crippen molar-refractivity contribution in [1.29, 1.82) is 0 Å². The van der Waals surface area contributed by atoms with Gasteiger partial charge in [-0.1, -0.05) is 0 Å². The summed E-state index contributed by atoms with van der Waals surface area (Å²) in [6.07, 6.45) is -0.706. The number of hydrogen-bond donors (Lipinski definition) is 1. The Hall–Kier alpha value is 1.84. The molecule has 0 aliphatic carbocycles. The predicted octanol–water partition coefficient (Wildman–Crippen LogP) is -19.3. The third kappa shape index (κ3) is 33.0. The van der Waals surface area contributed by atoms with Crippen molar-refractivity contribution in [1.82, 2.24) is 0 Å². The summed E-state index contributed by atoms with van der Waals surface area (Å²) in [5, 5.41) is 37.2.